The average Bonchev–Trinajstić information content (AvgIpc) is 3.04. The topological polar surface area (TPSA) is 71.4 Å². The van der Waals surface area contributed by atoms with E-state index in [2.05, 4.69) is 30.7 Å². The number of carbonyl (C=O) groups excluding carboxylic acids is 3. The fourth-order valence-electron chi connectivity index (χ4n) is 3.65. The van der Waals surface area contributed by atoms with Crippen molar-refractivity contribution in [2.75, 3.05) is 11.9 Å². The number of rotatable bonds is 4. The maximum Gasteiger partial charge on any atom is 0.294 e. The van der Waals surface area contributed by atoms with E-state index in [-0.39, 0.29) is 16.1 Å². The van der Waals surface area contributed by atoms with Gasteiger partial charge in [-0.2, -0.15) is 0 Å². The first-order chi connectivity index (χ1) is 14.0. The molecule has 1 fully saturated rings. The zero-order valence-corrected chi connectivity index (χ0v) is 18.4. The van der Waals surface area contributed by atoms with Crippen molar-refractivity contribution >= 4 is 40.6 Å². The van der Waals surface area contributed by atoms with E-state index < -0.39 is 29.4 Å². The van der Waals surface area contributed by atoms with Crippen LogP contribution in [0.25, 0.3) is 6.08 Å². The number of nitrogens with one attached hydrogen (secondary N) is 1. The van der Waals surface area contributed by atoms with Crippen LogP contribution in [0.2, 0.25) is 0 Å². The minimum absolute atomic E-state index is 0.116. The zero-order valence-electron chi connectivity index (χ0n) is 17.6. The van der Waals surface area contributed by atoms with Gasteiger partial charge in [0.25, 0.3) is 11.1 Å². The molecule has 158 valence electrons. The van der Waals surface area contributed by atoms with E-state index in [4.69, 9.17) is 0 Å². The molecule has 1 aromatic carbocycles. The molecule has 0 radical (unpaired) electrons. The number of thioether (sulfide) groups is 1. The van der Waals surface area contributed by atoms with Crippen molar-refractivity contribution in [3.8, 4) is 0 Å². The highest BCUT2D eigenvalue weighted by molar-refractivity contribution is 8.18. The molecule has 3 rings (SSSR count). The van der Waals surface area contributed by atoms with Crippen LogP contribution in [0.15, 0.2) is 35.2 Å². The molecule has 1 aliphatic rings. The number of hydrogen-bond donors (Lipinski definition) is 1. The van der Waals surface area contributed by atoms with E-state index >= 15 is 0 Å². The third kappa shape index (κ3) is 4.48. The summed E-state index contributed by atoms with van der Waals surface area (Å²) >= 11 is 0.808. The lowest BCUT2D eigenvalue weighted by atomic mass is 10.1. The molecule has 1 aliphatic heterocycles. The number of anilines is 1. The Morgan fingerprint density at radius 3 is 2.50 bits per heavy atom. The Morgan fingerprint density at radius 2 is 1.90 bits per heavy atom. The number of benzene rings is 1. The van der Waals surface area contributed by atoms with Crippen molar-refractivity contribution in [2.24, 2.45) is 0 Å². The van der Waals surface area contributed by atoms with Crippen molar-refractivity contribution in [3.63, 3.8) is 0 Å². The van der Waals surface area contributed by atoms with Gasteiger partial charge in [0.1, 0.15) is 12.4 Å². The van der Waals surface area contributed by atoms with Gasteiger partial charge in [-0.05, 0) is 82.3 Å². The first-order valence-corrected chi connectivity index (χ1v) is 10.3. The van der Waals surface area contributed by atoms with Crippen molar-refractivity contribution in [1.82, 2.24) is 9.47 Å². The van der Waals surface area contributed by atoms with E-state index in [1.807, 2.05) is 19.9 Å². The van der Waals surface area contributed by atoms with Crippen LogP contribution in [-0.4, -0.2) is 33.1 Å². The standard InChI is InChI=1S/C22H24FN3O3S/c1-13-9-15(14(2)26(13)22(3,4)5)10-18-20(28)25(21(29)30-18)12-19(27)24-17-8-6-7-16(23)11-17/h6-11H,12H2,1-5H3,(H,24,27)/b18-10+. The highest BCUT2D eigenvalue weighted by Crippen LogP contribution is 2.34. The third-order valence-corrected chi connectivity index (χ3v) is 5.62. The normalized spacial score (nSPS) is 15.9. The molecule has 30 heavy (non-hydrogen) atoms. The predicted octanol–water partition coefficient (Wildman–Crippen LogP) is 4.67. The van der Waals surface area contributed by atoms with Crippen molar-refractivity contribution in [2.45, 2.75) is 40.2 Å². The Balaban J connectivity index is 1.77. The van der Waals surface area contributed by atoms with Crippen LogP contribution in [0, 0.1) is 19.7 Å². The summed E-state index contributed by atoms with van der Waals surface area (Å²) in [4.78, 5) is 38.5. The largest absolute Gasteiger partial charge is 0.343 e. The molecule has 3 amide bonds. The van der Waals surface area contributed by atoms with Crippen LogP contribution in [0.3, 0.4) is 0 Å². The SMILES string of the molecule is Cc1cc(/C=C2/SC(=O)N(CC(=O)Nc3cccc(F)c3)C2=O)c(C)n1C(C)(C)C. The second-order valence-electron chi connectivity index (χ2n) is 8.16. The Hall–Kier alpha value is -2.87. The van der Waals surface area contributed by atoms with E-state index in [1.54, 1.807) is 6.08 Å². The fraction of sp³-hybridized carbons (Fsp3) is 0.318. The summed E-state index contributed by atoms with van der Waals surface area (Å²) in [6.45, 7) is 9.84. The molecule has 1 N–H and O–H groups in total. The quantitative estimate of drug-likeness (QED) is 0.717. The number of aryl methyl sites for hydroxylation is 1. The summed E-state index contributed by atoms with van der Waals surface area (Å²) in [5.41, 5.74) is 3.05. The number of aromatic nitrogens is 1. The van der Waals surface area contributed by atoms with Crippen LogP contribution < -0.4 is 5.32 Å². The van der Waals surface area contributed by atoms with E-state index in [1.165, 1.54) is 18.2 Å². The summed E-state index contributed by atoms with van der Waals surface area (Å²) in [5.74, 6) is -1.58. The molecular formula is C22H24FN3O3S. The van der Waals surface area contributed by atoms with Crippen LogP contribution >= 0.6 is 11.8 Å². The lowest BCUT2D eigenvalue weighted by Gasteiger charge is -2.25. The number of halogens is 1. The molecule has 0 atom stereocenters. The molecule has 1 saturated heterocycles. The lowest BCUT2D eigenvalue weighted by molar-refractivity contribution is -0.127. The Kier molecular flexibility index (Phi) is 5.90. The molecule has 0 saturated carbocycles. The Labute approximate surface area is 179 Å². The molecule has 0 aliphatic carbocycles. The first kappa shape index (κ1) is 21.8. The summed E-state index contributed by atoms with van der Waals surface area (Å²) in [7, 11) is 0. The van der Waals surface area contributed by atoms with Gasteiger partial charge < -0.3 is 9.88 Å². The number of hydrogen-bond acceptors (Lipinski definition) is 4. The molecule has 8 heteroatoms. The molecule has 2 aromatic rings. The number of carbonyl (C=O) groups is 3. The maximum absolute atomic E-state index is 13.3. The van der Waals surface area contributed by atoms with Gasteiger partial charge in [0.2, 0.25) is 5.91 Å². The van der Waals surface area contributed by atoms with Crippen molar-refractivity contribution in [1.29, 1.82) is 0 Å². The number of imide groups is 1. The molecule has 0 unspecified atom stereocenters. The van der Waals surface area contributed by atoms with Gasteiger partial charge in [-0.15, -0.1) is 0 Å². The minimum atomic E-state index is -0.574. The summed E-state index contributed by atoms with van der Waals surface area (Å²) in [5, 5.41) is 1.99. The zero-order chi connectivity index (χ0) is 22.2. The van der Waals surface area contributed by atoms with Crippen LogP contribution in [0.4, 0.5) is 14.9 Å². The highest BCUT2D eigenvalue weighted by atomic mass is 32.2. The number of nitrogens with zero attached hydrogens (tertiary/aromatic N) is 2. The van der Waals surface area contributed by atoms with Gasteiger partial charge in [-0.1, -0.05) is 6.07 Å². The second kappa shape index (κ2) is 8.10. The monoisotopic (exact) mass is 429 g/mol. The predicted molar refractivity (Wildman–Crippen MR) is 117 cm³/mol. The summed E-state index contributed by atoms with van der Waals surface area (Å²) in [6, 6.07) is 7.39. The van der Waals surface area contributed by atoms with Gasteiger partial charge in [-0.25, -0.2) is 4.39 Å². The van der Waals surface area contributed by atoms with Gasteiger partial charge in [0.05, 0.1) is 4.91 Å². The molecule has 2 heterocycles. The Morgan fingerprint density at radius 1 is 1.20 bits per heavy atom. The second-order valence-corrected chi connectivity index (χ2v) is 9.15. The lowest BCUT2D eigenvalue weighted by Crippen LogP contribution is -2.36. The van der Waals surface area contributed by atoms with E-state index in [0.29, 0.717) is 0 Å². The highest BCUT2D eigenvalue weighted by Gasteiger charge is 2.36. The number of amides is 3. The molecule has 0 spiro atoms. The van der Waals surface area contributed by atoms with Crippen LogP contribution in [0.5, 0.6) is 0 Å². The van der Waals surface area contributed by atoms with Crippen LogP contribution in [-0.2, 0) is 15.1 Å². The smallest absolute Gasteiger partial charge is 0.294 e. The third-order valence-electron chi connectivity index (χ3n) is 4.71. The van der Waals surface area contributed by atoms with Gasteiger partial charge >= 0.3 is 0 Å². The molecule has 1 aromatic heterocycles. The van der Waals surface area contributed by atoms with Gasteiger partial charge in [0.15, 0.2) is 0 Å². The van der Waals surface area contributed by atoms with Crippen molar-refractivity contribution < 1.29 is 18.8 Å². The Bertz CT molecular complexity index is 1070. The van der Waals surface area contributed by atoms with Crippen molar-refractivity contribution in [3.05, 3.63) is 58.0 Å². The fourth-order valence-corrected chi connectivity index (χ4v) is 4.48. The van der Waals surface area contributed by atoms with E-state index in [0.717, 1.165) is 39.7 Å². The first-order valence-electron chi connectivity index (χ1n) is 9.47. The maximum atomic E-state index is 13.3. The minimum Gasteiger partial charge on any atom is -0.343 e. The molecular weight excluding hydrogens is 405 g/mol. The molecule has 0 bridgehead atoms. The molecule has 6 nitrogen and oxygen atoms in total. The average molecular weight is 430 g/mol. The van der Waals surface area contributed by atoms with Crippen LogP contribution in [0.1, 0.15) is 37.7 Å². The van der Waals surface area contributed by atoms with Gasteiger partial charge in [-0.3, -0.25) is 19.3 Å². The summed E-state index contributed by atoms with van der Waals surface area (Å²) < 4.78 is 15.4. The summed E-state index contributed by atoms with van der Waals surface area (Å²) in [6.07, 6.45) is 1.69. The van der Waals surface area contributed by atoms with E-state index in [9.17, 15) is 18.8 Å². The van der Waals surface area contributed by atoms with Gasteiger partial charge in [0, 0.05) is 22.6 Å².